The van der Waals surface area contributed by atoms with Crippen molar-refractivity contribution in [2.75, 3.05) is 0 Å². The summed E-state index contributed by atoms with van der Waals surface area (Å²) in [6, 6.07) is 3.00. The lowest BCUT2D eigenvalue weighted by Gasteiger charge is -2.08. The number of carboxylic acid groups (broad SMARTS) is 1. The number of hydrogen-bond donors (Lipinski definition) is 1. The van der Waals surface area contributed by atoms with E-state index in [1.807, 2.05) is 0 Å². The van der Waals surface area contributed by atoms with Crippen LogP contribution in [0.5, 0.6) is 5.75 Å². The highest BCUT2D eigenvalue weighted by atomic mass is 79.9. The average molecular weight is 354 g/mol. The largest absolute Gasteiger partial charge is 0.478 e. The molecule has 0 unspecified atom stereocenters. The summed E-state index contributed by atoms with van der Waals surface area (Å²) in [5.41, 5.74) is -0.274. The van der Waals surface area contributed by atoms with Crippen molar-refractivity contribution in [2.24, 2.45) is 0 Å². The molecule has 0 aliphatic carbocycles. The number of aliphatic carboxylic acids is 1. The molecule has 1 aromatic carbocycles. The number of rotatable bonds is 4. The maximum absolute atomic E-state index is 11.4. The second-order valence-electron chi connectivity index (χ2n) is 3.26. The lowest BCUT2D eigenvalue weighted by atomic mass is 10.2. The number of carboxylic acids is 1. The first-order chi connectivity index (χ1) is 8.31. The Morgan fingerprint density at radius 1 is 1.33 bits per heavy atom. The fourth-order valence-corrected chi connectivity index (χ4v) is 2.31. The van der Waals surface area contributed by atoms with E-state index in [1.54, 1.807) is 0 Å². The van der Waals surface area contributed by atoms with Crippen LogP contribution in [0.3, 0.4) is 0 Å². The molecule has 1 N–H and O–H groups in total. The molecule has 7 heteroatoms. The van der Waals surface area contributed by atoms with Crippen molar-refractivity contribution in [3.05, 3.63) is 38.8 Å². The van der Waals surface area contributed by atoms with E-state index in [9.17, 15) is 9.59 Å². The van der Waals surface area contributed by atoms with Crippen LogP contribution in [0, 0.1) is 0 Å². The highest BCUT2D eigenvalue weighted by Gasteiger charge is 2.16. The molecule has 0 heterocycles. The minimum Gasteiger partial charge on any atom is -0.478 e. The number of benzene rings is 1. The number of esters is 1. The number of carbonyl (C=O) groups is 2. The molecule has 0 saturated carbocycles. The minimum atomic E-state index is -1.26. The van der Waals surface area contributed by atoms with Gasteiger partial charge in [-0.25, -0.2) is 4.79 Å². The summed E-state index contributed by atoms with van der Waals surface area (Å²) >= 11 is 14.9. The van der Waals surface area contributed by atoms with E-state index in [1.165, 1.54) is 12.1 Å². The Morgan fingerprint density at radius 3 is 2.28 bits per heavy atom. The molecule has 0 aromatic heterocycles. The van der Waals surface area contributed by atoms with Crippen molar-refractivity contribution in [3.63, 3.8) is 0 Å². The van der Waals surface area contributed by atoms with E-state index < -0.39 is 18.4 Å². The molecule has 0 radical (unpaired) electrons. The smallest absolute Gasteiger partial charge is 0.331 e. The van der Waals surface area contributed by atoms with Gasteiger partial charge in [0.1, 0.15) is 0 Å². The molecule has 0 atom stereocenters. The summed E-state index contributed by atoms with van der Waals surface area (Å²) in [4.78, 5) is 21.9. The van der Waals surface area contributed by atoms with E-state index in [2.05, 4.69) is 22.5 Å². The molecule has 0 fully saturated rings. The summed E-state index contributed by atoms with van der Waals surface area (Å²) in [6.45, 7) is 3.22. The van der Waals surface area contributed by atoms with Crippen LogP contribution in [0.15, 0.2) is 28.8 Å². The van der Waals surface area contributed by atoms with Crippen LogP contribution in [-0.4, -0.2) is 17.0 Å². The second-order valence-corrected chi connectivity index (χ2v) is 4.99. The second kappa shape index (κ2) is 6.22. The third kappa shape index (κ3) is 4.01. The van der Waals surface area contributed by atoms with E-state index >= 15 is 0 Å². The molecule has 0 bridgehead atoms. The predicted octanol–water partition coefficient (Wildman–Crippen LogP) is 3.69. The molecule has 0 aliphatic rings. The summed E-state index contributed by atoms with van der Waals surface area (Å²) in [5.74, 6) is -2.07. The lowest BCUT2D eigenvalue weighted by Crippen LogP contribution is -2.12. The average Bonchev–Trinajstić information content (AvgIpc) is 2.23. The van der Waals surface area contributed by atoms with Crippen LogP contribution in [0.2, 0.25) is 10.0 Å². The summed E-state index contributed by atoms with van der Waals surface area (Å²) in [6.07, 6.45) is -0.446. The highest BCUT2D eigenvalue weighted by molar-refractivity contribution is 9.10. The SMILES string of the molecule is C=C(CC(=O)Oc1c(Cl)cc(Br)cc1Cl)C(=O)O. The predicted molar refractivity (Wildman–Crippen MR) is 71.2 cm³/mol. The van der Waals surface area contributed by atoms with Crippen LogP contribution in [-0.2, 0) is 9.59 Å². The van der Waals surface area contributed by atoms with Crippen LogP contribution in [0.25, 0.3) is 0 Å². The molecule has 96 valence electrons. The first-order valence-corrected chi connectivity index (χ1v) is 6.12. The van der Waals surface area contributed by atoms with Crippen LogP contribution >= 0.6 is 39.1 Å². The van der Waals surface area contributed by atoms with Crippen LogP contribution in [0.1, 0.15) is 6.42 Å². The molecular formula is C11H7BrCl2O4. The summed E-state index contributed by atoms with van der Waals surface area (Å²) in [5, 5.41) is 8.86. The number of ether oxygens (including phenoxy) is 1. The lowest BCUT2D eigenvalue weighted by molar-refractivity contribution is -0.138. The highest BCUT2D eigenvalue weighted by Crippen LogP contribution is 2.36. The van der Waals surface area contributed by atoms with Gasteiger partial charge in [-0.15, -0.1) is 0 Å². The van der Waals surface area contributed by atoms with Crippen LogP contribution in [0.4, 0.5) is 0 Å². The Hall–Kier alpha value is -1.04. The van der Waals surface area contributed by atoms with Gasteiger partial charge in [-0.2, -0.15) is 0 Å². The normalized spacial score (nSPS) is 9.94. The van der Waals surface area contributed by atoms with Gasteiger partial charge >= 0.3 is 11.9 Å². The van der Waals surface area contributed by atoms with Gasteiger partial charge in [-0.1, -0.05) is 45.7 Å². The molecule has 18 heavy (non-hydrogen) atoms. The van der Waals surface area contributed by atoms with Gasteiger partial charge in [0.25, 0.3) is 0 Å². The Kier molecular flexibility index (Phi) is 5.19. The number of carbonyl (C=O) groups excluding carboxylic acids is 1. The van der Waals surface area contributed by atoms with Gasteiger partial charge in [-0.05, 0) is 12.1 Å². The van der Waals surface area contributed by atoms with E-state index in [0.29, 0.717) is 4.47 Å². The van der Waals surface area contributed by atoms with Crippen LogP contribution < -0.4 is 4.74 Å². The molecule has 4 nitrogen and oxygen atoms in total. The molecular weight excluding hydrogens is 347 g/mol. The maximum Gasteiger partial charge on any atom is 0.331 e. The van der Waals surface area contributed by atoms with Gasteiger partial charge in [0.05, 0.1) is 16.5 Å². The zero-order valence-electron chi connectivity index (χ0n) is 8.87. The molecule has 1 aromatic rings. The molecule has 0 aliphatic heterocycles. The van der Waals surface area contributed by atoms with E-state index in [-0.39, 0.29) is 21.4 Å². The van der Waals surface area contributed by atoms with Gasteiger partial charge in [0.2, 0.25) is 0 Å². The van der Waals surface area contributed by atoms with Crippen molar-refractivity contribution in [2.45, 2.75) is 6.42 Å². The van der Waals surface area contributed by atoms with Gasteiger partial charge in [-0.3, -0.25) is 4.79 Å². The van der Waals surface area contributed by atoms with Crippen molar-refractivity contribution >= 4 is 51.1 Å². The zero-order valence-corrected chi connectivity index (χ0v) is 12.0. The zero-order chi connectivity index (χ0) is 13.9. The fraction of sp³-hybridized carbons (Fsp3) is 0.0909. The molecule has 1 rings (SSSR count). The van der Waals surface area contributed by atoms with Crippen molar-refractivity contribution in [1.29, 1.82) is 0 Å². The summed E-state index contributed by atoms with van der Waals surface area (Å²) in [7, 11) is 0. The van der Waals surface area contributed by atoms with Crippen molar-refractivity contribution < 1.29 is 19.4 Å². The topological polar surface area (TPSA) is 63.6 Å². The third-order valence-electron chi connectivity index (χ3n) is 1.84. The molecule has 0 spiro atoms. The molecule has 0 amide bonds. The maximum atomic E-state index is 11.4. The number of halogens is 3. The van der Waals surface area contributed by atoms with E-state index in [4.69, 9.17) is 33.0 Å². The Balaban J connectivity index is 2.83. The monoisotopic (exact) mass is 352 g/mol. The first kappa shape index (κ1) is 15.0. The van der Waals surface area contributed by atoms with Gasteiger partial charge in [0, 0.05) is 10.0 Å². The fourth-order valence-electron chi connectivity index (χ4n) is 1.03. The third-order valence-corrected chi connectivity index (χ3v) is 2.86. The van der Waals surface area contributed by atoms with Gasteiger partial charge < -0.3 is 9.84 Å². The number of hydrogen-bond acceptors (Lipinski definition) is 3. The van der Waals surface area contributed by atoms with Gasteiger partial charge in [0.15, 0.2) is 5.75 Å². The van der Waals surface area contributed by atoms with Crippen molar-refractivity contribution in [3.8, 4) is 5.75 Å². The first-order valence-electron chi connectivity index (χ1n) is 4.57. The van der Waals surface area contributed by atoms with Crippen molar-refractivity contribution in [1.82, 2.24) is 0 Å². The quantitative estimate of drug-likeness (QED) is 0.509. The molecule has 0 saturated heterocycles. The standard InChI is InChI=1S/C11H7BrCl2O4/c1-5(11(16)17)2-9(15)18-10-7(13)3-6(12)4-8(10)14/h3-4H,1-2H2,(H,16,17). The minimum absolute atomic E-state index is 0.00952. The van der Waals surface area contributed by atoms with E-state index in [0.717, 1.165) is 0 Å². The Bertz CT molecular complexity index is 505. The Labute approximate surface area is 121 Å². The summed E-state index contributed by atoms with van der Waals surface area (Å²) < 4.78 is 5.54. The Morgan fingerprint density at radius 2 is 1.83 bits per heavy atom.